The third-order valence-corrected chi connectivity index (χ3v) is 3.66. The molecule has 0 saturated heterocycles. The topological polar surface area (TPSA) is 108 Å². The van der Waals surface area contributed by atoms with Crippen LogP contribution in [0.25, 0.3) is 22.2 Å². The summed E-state index contributed by atoms with van der Waals surface area (Å²) in [6.07, 6.45) is -0.0686. The Morgan fingerprint density at radius 2 is 1.85 bits per heavy atom. The van der Waals surface area contributed by atoms with Gasteiger partial charge in [-0.2, -0.15) is 5.26 Å². The summed E-state index contributed by atoms with van der Waals surface area (Å²) >= 11 is 0. The lowest BCUT2D eigenvalue weighted by Crippen LogP contribution is -2.37. The van der Waals surface area contributed by atoms with Crippen LogP contribution in [0.4, 0.5) is 0 Å². The zero-order chi connectivity index (χ0) is 18.4. The highest BCUT2D eigenvalue weighted by Crippen LogP contribution is 2.24. The predicted molar refractivity (Wildman–Crippen MR) is 94.8 cm³/mol. The molecule has 130 valence electrons. The molecule has 3 aromatic rings. The first-order valence-electron chi connectivity index (χ1n) is 8.01. The number of amides is 2. The molecule has 0 aliphatic rings. The molecule has 0 radical (unpaired) electrons. The van der Waals surface area contributed by atoms with E-state index in [1.807, 2.05) is 48.5 Å². The van der Waals surface area contributed by atoms with E-state index in [-0.39, 0.29) is 31.3 Å². The number of aromatic nitrogens is 1. The molecule has 1 heterocycles. The molecule has 2 N–H and O–H groups in total. The van der Waals surface area contributed by atoms with Crippen molar-refractivity contribution in [3.8, 4) is 17.2 Å². The molecule has 0 bridgehead atoms. The van der Waals surface area contributed by atoms with Gasteiger partial charge in [-0.1, -0.05) is 36.4 Å². The molecule has 3 rings (SSSR count). The van der Waals surface area contributed by atoms with E-state index in [0.29, 0.717) is 11.1 Å². The highest BCUT2D eigenvalue weighted by Gasteiger charge is 2.12. The van der Waals surface area contributed by atoms with Crippen molar-refractivity contribution in [3.63, 3.8) is 0 Å². The van der Waals surface area contributed by atoms with Gasteiger partial charge < -0.3 is 15.1 Å². The first-order chi connectivity index (χ1) is 12.7. The summed E-state index contributed by atoms with van der Waals surface area (Å²) in [7, 11) is 0. The number of nitrogens with zero attached hydrogens (tertiary/aromatic N) is 2. The molecule has 2 aromatic carbocycles. The number of nitrogens with one attached hydrogen (secondary N) is 2. The third kappa shape index (κ3) is 4.24. The van der Waals surface area contributed by atoms with Crippen molar-refractivity contribution in [3.05, 3.63) is 54.4 Å². The Hall–Kier alpha value is -3.66. The number of nitriles is 1. The van der Waals surface area contributed by atoms with Crippen molar-refractivity contribution in [2.24, 2.45) is 0 Å². The molecule has 0 unspecified atom stereocenters. The van der Waals surface area contributed by atoms with Crippen molar-refractivity contribution >= 4 is 22.9 Å². The number of rotatable bonds is 6. The fourth-order valence-corrected chi connectivity index (χ4v) is 2.44. The summed E-state index contributed by atoms with van der Waals surface area (Å²) in [5, 5.41) is 13.2. The molecular weight excluding hydrogens is 332 g/mol. The molecule has 2 amide bonds. The number of carbonyl (C=O) groups excluding carboxylic acids is 2. The Bertz CT molecular complexity index is 973. The minimum Gasteiger partial charge on any atom is -0.440 e. The third-order valence-electron chi connectivity index (χ3n) is 3.66. The number of hydrogen-bond acceptors (Lipinski definition) is 5. The monoisotopic (exact) mass is 348 g/mol. The molecule has 0 spiro atoms. The van der Waals surface area contributed by atoms with Gasteiger partial charge in [0.25, 0.3) is 0 Å². The van der Waals surface area contributed by atoms with Crippen molar-refractivity contribution in [1.82, 2.24) is 15.6 Å². The molecule has 0 aliphatic heterocycles. The lowest BCUT2D eigenvalue weighted by molar-refractivity contribution is -0.125. The standard InChI is InChI=1S/C19H16N4O3/c20-8-9-21-18(25)12-22-17(24)11-19-23-15-7-6-14(10-16(15)26-19)13-4-2-1-3-5-13/h1-7,10H,9,11-12H2,(H,21,25)(H,22,24). The quantitative estimate of drug-likeness (QED) is 0.660. The highest BCUT2D eigenvalue weighted by atomic mass is 16.3. The van der Waals surface area contributed by atoms with E-state index in [1.165, 1.54) is 0 Å². The van der Waals surface area contributed by atoms with Gasteiger partial charge in [-0.25, -0.2) is 4.98 Å². The summed E-state index contributed by atoms with van der Waals surface area (Å²) in [6.45, 7) is -0.289. The predicted octanol–water partition coefficient (Wildman–Crippen LogP) is 1.79. The summed E-state index contributed by atoms with van der Waals surface area (Å²) < 4.78 is 5.66. The molecule has 0 saturated carbocycles. The fraction of sp³-hybridized carbons (Fsp3) is 0.158. The van der Waals surface area contributed by atoms with Crippen LogP contribution >= 0.6 is 0 Å². The van der Waals surface area contributed by atoms with Crippen LogP contribution in [0.5, 0.6) is 0 Å². The number of carbonyl (C=O) groups is 2. The molecule has 0 atom stereocenters. The average Bonchev–Trinajstić information content (AvgIpc) is 3.06. The summed E-state index contributed by atoms with van der Waals surface area (Å²) in [5.74, 6) is -0.531. The Kier molecular flexibility index (Phi) is 5.25. The van der Waals surface area contributed by atoms with Crippen LogP contribution in [0.3, 0.4) is 0 Å². The minimum atomic E-state index is -0.426. The second-order valence-electron chi connectivity index (χ2n) is 5.54. The van der Waals surface area contributed by atoms with Crippen molar-refractivity contribution in [2.45, 2.75) is 6.42 Å². The number of fused-ring (bicyclic) bond motifs is 1. The van der Waals surface area contributed by atoms with Crippen LogP contribution in [0.2, 0.25) is 0 Å². The zero-order valence-corrected chi connectivity index (χ0v) is 13.9. The summed E-state index contributed by atoms with van der Waals surface area (Å²) in [4.78, 5) is 27.5. The number of hydrogen-bond donors (Lipinski definition) is 2. The minimum absolute atomic E-state index is 0.0686. The summed E-state index contributed by atoms with van der Waals surface area (Å²) in [5.41, 5.74) is 3.33. The van der Waals surface area contributed by atoms with Gasteiger partial charge in [0.2, 0.25) is 17.7 Å². The van der Waals surface area contributed by atoms with E-state index in [1.54, 1.807) is 6.07 Å². The van der Waals surface area contributed by atoms with Gasteiger partial charge in [0, 0.05) is 0 Å². The van der Waals surface area contributed by atoms with Crippen LogP contribution < -0.4 is 10.6 Å². The first-order valence-corrected chi connectivity index (χ1v) is 8.01. The lowest BCUT2D eigenvalue weighted by Gasteiger charge is -2.02. The lowest BCUT2D eigenvalue weighted by atomic mass is 10.1. The van der Waals surface area contributed by atoms with Gasteiger partial charge in [-0.05, 0) is 23.3 Å². The average molecular weight is 348 g/mol. The van der Waals surface area contributed by atoms with Crippen molar-refractivity contribution in [1.29, 1.82) is 5.26 Å². The second-order valence-corrected chi connectivity index (χ2v) is 5.54. The Labute approximate surface area is 149 Å². The zero-order valence-electron chi connectivity index (χ0n) is 13.9. The van der Waals surface area contributed by atoms with E-state index in [2.05, 4.69) is 15.6 Å². The van der Waals surface area contributed by atoms with Crippen LogP contribution in [0, 0.1) is 11.3 Å². The molecule has 0 fully saturated rings. The largest absolute Gasteiger partial charge is 0.440 e. The van der Waals surface area contributed by atoms with E-state index in [0.717, 1.165) is 11.1 Å². The fourth-order valence-electron chi connectivity index (χ4n) is 2.44. The number of benzene rings is 2. The maximum atomic E-state index is 11.9. The number of oxazole rings is 1. The Morgan fingerprint density at radius 1 is 1.04 bits per heavy atom. The second kappa shape index (κ2) is 7.94. The van der Waals surface area contributed by atoms with Gasteiger partial charge in [0.05, 0.1) is 12.6 Å². The van der Waals surface area contributed by atoms with E-state index in [4.69, 9.17) is 9.68 Å². The van der Waals surface area contributed by atoms with Gasteiger partial charge in [0.15, 0.2) is 5.58 Å². The van der Waals surface area contributed by atoms with Gasteiger partial charge in [-0.3, -0.25) is 9.59 Å². The first kappa shape index (κ1) is 17.2. The molecule has 7 nitrogen and oxygen atoms in total. The molecule has 0 aliphatic carbocycles. The van der Waals surface area contributed by atoms with Gasteiger partial charge in [0.1, 0.15) is 18.5 Å². The SMILES string of the molecule is N#CCNC(=O)CNC(=O)Cc1nc2ccc(-c3ccccc3)cc2o1. The van der Waals surface area contributed by atoms with Crippen molar-refractivity contribution < 1.29 is 14.0 Å². The molecule has 26 heavy (non-hydrogen) atoms. The van der Waals surface area contributed by atoms with Gasteiger partial charge in [-0.15, -0.1) is 0 Å². The maximum Gasteiger partial charge on any atom is 0.240 e. The Balaban J connectivity index is 1.65. The smallest absolute Gasteiger partial charge is 0.240 e. The highest BCUT2D eigenvalue weighted by molar-refractivity contribution is 5.86. The van der Waals surface area contributed by atoms with E-state index >= 15 is 0 Å². The van der Waals surface area contributed by atoms with E-state index < -0.39 is 5.91 Å². The van der Waals surface area contributed by atoms with Gasteiger partial charge >= 0.3 is 0 Å². The molecule has 1 aromatic heterocycles. The van der Waals surface area contributed by atoms with Crippen molar-refractivity contribution in [2.75, 3.05) is 13.1 Å². The van der Waals surface area contributed by atoms with Crippen LogP contribution in [-0.2, 0) is 16.0 Å². The normalized spacial score (nSPS) is 10.3. The van der Waals surface area contributed by atoms with Crippen LogP contribution in [-0.4, -0.2) is 29.9 Å². The van der Waals surface area contributed by atoms with Crippen LogP contribution in [0.1, 0.15) is 5.89 Å². The molecular formula is C19H16N4O3. The van der Waals surface area contributed by atoms with E-state index in [9.17, 15) is 9.59 Å². The molecule has 7 heteroatoms. The Morgan fingerprint density at radius 3 is 2.62 bits per heavy atom. The van der Waals surface area contributed by atoms with Crippen LogP contribution in [0.15, 0.2) is 52.9 Å². The summed E-state index contributed by atoms with van der Waals surface area (Å²) in [6, 6.07) is 17.3. The maximum absolute atomic E-state index is 11.9.